The molecule has 106 valence electrons. The quantitative estimate of drug-likeness (QED) is 0.697. The number of fused-ring (bicyclic) bond motifs is 1. The topological polar surface area (TPSA) is 56.5 Å². The van der Waals surface area contributed by atoms with Crippen LogP contribution in [0.2, 0.25) is 5.02 Å². The molecule has 3 rings (SSSR count). The summed E-state index contributed by atoms with van der Waals surface area (Å²) in [6, 6.07) is 9.24. The first-order valence-corrected chi connectivity index (χ1v) is 6.84. The minimum absolute atomic E-state index is 0.310. The molecule has 1 aromatic carbocycles. The van der Waals surface area contributed by atoms with Crippen LogP contribution in [0, 0.1) is 0 Å². The molecule has 0 spiro atoms. The molecule has 0 aliphatic rings. The Labute approximate surface area is 126 Å². The van der Waals surface area contributed by atoms with Crippen molar-refractivity contribution in [3.63, 3.8) is 0 Å². The van der Waals surface area contributed by atoms with Crippen LogP contribution in [-0.2, 0) is 4.74 Å². The van der Waals surface area contributed by atoms with E-state index < -0.39 is 5.97 Å². The average Bonchev–Trinajstić information content (AvgIpc) is 2.91. The van der Waals surface area contributed by atoms with E-state index in [1.165, 1.54) is 6.20 Å². The van der Waals surface area contributed by atoms with Crippen LogP contribution in [0.4, 0.5) is 0 Å². The van der Waals surface area contributed by atoms with Gasteiger partial charge in [-0.25, -0.2) is 14.3 Å². The molecule has 2 aromatic heterocycles. The fourth-order valence-electron chi connectivity index (χ4n) is 2.11. The van der Waals surface area contributed by atoms with Crippen LogP contribution in [-0.4, -0.2) is 27.2 Å². The van der Waals surface area contributed by atoms with Crippen molar-refractivity contribution in [3.05, 3.63) is 53.3 Å². The second-order valence-electron chi connectivity index (χ2n) is 4.35. The SMILES string of the molecule is CCOC(=O)c1cnn2c(-c3cccc(Cl)c3)ccnc12. The first-order chi connectivity index (χ1) is 10.2. The second-order valence-corrected chi connectivity index (χ2v) is 4.79. The Bertz CT molecular complexity index is 814. The summed E-state index contributed by atoms with van der Waals surface area (Å²) in [6.07, 6.45) is 3.10. The predicted molar refractivity (Wildman–Crippen MR) is 79.4 cm³/mol. The zero-order valence-corrected chi connectivity index (χ0v) is 12.0. The average molecular weight is 302 g/mol. The van der Waals surface area contributed by atoms with Crippen molar-refractivity contribution in [2.75, 3.05) is 6.61 Å². The van der Waals surface area contributed by atoms with E-state index in [1.54, 1.807) is 23.7 Å². The lowest BCUT2D eigenvalue weighted by atomic mass is 10.1. The molecule has 0 unspecified atom stereocenters. The van der Waals surface area contributed by atoms with Crippen LogP contribution in [0.15, 0.2) is 42.7 Å². The lowest BCUT2D eigenvalue weighted by Crippen LogP contribution is -2.05. The number of nitrogens with zero attached hydrogens (tertiary/aromatic N) is 3. The molecule has 2 heterocycles. The maximum Gasteiger partial charge on any atom is 0.343 e. The number of rotatable bonds is 3. The molecule has 0 saturated carbocycles. The summed E-state index contributed by atoms with van der Waals surface area (Å²) in [6.45, 7) is 2.07. The van der Waals surface area contributed by atoms with Gasteiger partial charge in [-0.15, -0.1) is 0 Å². The molecule has 0 amide bonds. The van der Waals surface area contributed by atoms with E-state index in [9.17, 15) is 4.79 Å². The van der Waals surface area contributed by atoms with E-state index >= 15 is 0 Å². The van der Waals surface area contributed by atoms with Crippen LogP contribution in [0.5, 0.6) is 0 Å². The van der Waals surface area contributed by atoms with Crippen LogP contribution in [0.1, 0.15) is 17.3 Å². The molecule has 3 aromatic rings. The highest BCUT2D eigenvalue weighted by atomic mass is 35.5. The first-order valence-electron chi connectivity index (χ1n) is 6.46. The van der Waals surface area contributed by atoms with Gasteiger partial charge in [0, 0.05) is 16.8 Å². The van der Waals surface area contributed by atoms with Gasteiger partial charge in [-0.3, -0.25) is 0 Å². The summed E-state index contributed by atoms with van der Waals surface area (Å²) in [4.78, 5) is 16.1. The molecule has 0 radical (unpaired) electrons. The summed E-state index contributed by atoms with van der Waals surface area (Å²) >= 11 is 6.02. The molecular formula is C15H12ClN3O2. The maximum atomic E-state index is 11.9. The largest absolute Gasteiger partial charge is 0.462 e. The van der Waals surface area contributed by atoms with E-state index in [2.05, 4.69) is 10.1 Å². The fraction of sp³-hybridized carbons (Fsp3) is 0.133. The van der Waals surface area contributed by atoms with E-state index in [1.807, 2.05) is 24.3 Å². The zero-order chi connectivity index (χ0) is 14.8. The summed E-state index contributed by atoms with van der Waals surface area (Å²) < 4.78 is 6.61. The van der Waals surface area contributed by atoms with Gasteiger partial charge in [0.2, 0.25) is 0 Å². The molecule has 0 aliphatic heterocycles. The number of carbonyl (C=O) groups excluding carboxylic acids is 1. The van der Waals surface area contributed by atoms with Gasteiger partial charge in [0.15, 0.2) is 5.65 Å². The molecule has 5 nitrogen and oxygen atoms in total. The smallest absolute Gasteiger partial charge is 0.343 e. The highest BCUT2D eigenvalue weighted by molar-refractivity contribution is 6.30. The van der Waals surface area contributed by atoms with Crippen molar-refractivity contribution in [2.24, 2.45) is 0 Å². The number of esters is 1. The minimum atomic E-state index is -0.428. The van der Waals surface area contributed by atoms with Crippen molar-refractivity contribution in [3.8, 4) is 11.3 Å². The van der Waals surface area contributed by atoms with Crippen molar-refractivity contribution >= 4 is 23.2 Å². The van der Waals surface area contributed by atoms with E-state index in [0.717, 1.165) is 11.3 Å². The van der Waals surface area contributed by atoms with Gasteiger partial charge < -0.3 is 4.74 Å². The van der Waals surface area contributed by atoms with Crippen LogP contribution >= 0.6 is 11.6 Å². The number of carbonyl (C=O) groups is 1. The Morgan fingerprint density at radius 2 is 2.24 bits per heavy atom. The molecule has 0 bridgehead atoms. The van der Waals surface area contributed by atoms with Gasteiger partial charge in [0.1, 0.15) is 5.56 Å². The monoisotopic (exact) mass is 301 g/mol. The van der Waals surface area contributed by atoms with Gasteiger partial charge in [-0.05, 0) is 25.1 Å². The van der Waals surface area contributed by atoms with Crippen molar-refractivity contribution in [2.45, 2.75) is 6.92 Å². The lowest BCUT2D eigenvalue weighted by Gasteiger charge is -2.05. The zero-order valence-electron chi connectivity index (χ0n) is 11.3. The number of halogens is 1. The first kappa shape index (κ1) is 13.6. The predicted octanol–water partition coefficient (Wildman–Crippen LogP) is 3.23. The number of hydrogen-bond acceptors (Lipinski definition) is 4. The van der Waals surface area contributed by atoms with E-state index in [0.29, 0.717) is 22.8 Å². The highest BCUT2D eigenvalue weighted by Crippen LogP contribution is 2.23. The third-order valence-electron chi connectivity index (χ3n) is 3.02. The molecule has 6 heteroatoms. The fourth-order valence-corrected chi connectivity index (χ4v) is 2.30. The minimum Gasteiger partial charge on any atom is -0.462 e. The third kappa shape index (κ3) is 2.48. The molecule has 0 saturated heterocycles. The summed E-state index contributed by atoms with van der Waals surface area (Å²) in [5.74, 6) is -0.428. The van der Waals surface area contributed by atoms with Crippen LogP contribution in [0.25, 0.3) is 16.9 Å². The third-order valence-corrected chi connectivity index (χ3v) is 3.25. The molecule has 0 atom stereocenters. The second kappa shape index (κ2) is 5.54. The van der Waals surface area contributed by atoms with Gasteiger partial charge >= 0.3 is 5.97 Å². The Kier molecular flexibility index (Phi) is 3.58. The molecule has 0 aliphatic carbocycles. The van der Waals surface area contributed by atoms with Crippen LogP contribution < -0.4 is 0 Å². The van der Waals surface area contributed by atoms with E-state index in [4.69, 9.17) is 16.3 Å². The Morgan fingerprint density at radius 3 is 3.00 bits per heavy atom. The number of hydrogen-bond donors (Lipinski definition) is 0. The lowest BCUT2D eigenvalue weighted by molar-refractivity contribution is 0.0528. The van der Waals surface area contributed by atoms with Gasteiger partial charge in [0.05, 0.1) is 18.5 Å². The van der Waals surface area contributed by atoms with Crippen molar-refractivity contribution in [1.82, 2.24) is 14.6 Å². The van der Waals surface area contributed by atoms with Gasteiger partial charge in [0.25, 0.3) is 0 Å². The summed E-state index contributed by atoms with van der Waals surface area (Å²) in [5, 5.41) is 4.87. The Balaban J connectivity index is 2.16. The Hall–Kier alpha value is -2.40. The van der Waals surface area contributed by atoms with Crippen molar-refractivity contribution < 1.29 is 9.53 Å². The summed E-state index contributed by atoms with van der Waals surface area (Å²) in [7, 11) is 0. The standard InChI is InChI=1S/C15H12ClN3O2/c1-2-21-15(20)12-9-18-19-13(6-7-17-14(12)19)10-4-3-5-11(16)8-10/h3-9H,2H2,1H3. The van der Waals surface area contributed by atoms with Crippen LogP contribution in [0.3, 0.4) is 0 Å². The molecular weight excluding hydrogens is 290 g/mol. The van der Waals surface area contributed by atoms with Gasteiger partial charge in [-0.1, -0.05) is 23.7 Å². The number of aromatic nitrogens is 3. The highest BCUT2D eigenvalue weighted by Gasteiger charge is 2.16. The molecule has 0 fully saturated rings. The maximum absolute atomic E-state index is 11.9. The number of benzene rings is 1. The van der Waals surface area contributed by atoms with Crippen molar-refractivity contribution in [1.29, 1.82) is 0 Å². The summed E-state index contributed by atoms with van der Waals surface area (Å²) in [5.41, 5.74) is 2.51. The van der Waals surface area contributed by atoms with Gasteiger partial charge in [-0.2, -0.15) is 5.10 Å². The Morgan fingerprint density at radius 1 is 1.38 bits per heavy atom. The molecule has 21 heavy (non-hydrogen) atoms. The van der Waals surface area contributed by atoms with E-state index in [-0.39, 0.29) is 0 Å². The normalized spacial score (nSPS) is 10.8. The number of ether oxygens (including phenoxy) is 1. The molecule has 0 N–H and O–H groups in total.